The van der Waals surface area contributed by atoms with Crippen molar-refractivity contribution in [3.8, 4) is 11.5 Å². The molecule has 1 amide bonds. The van der Waals surface area contributed by atoms with Crippen LogP contribution in [0.25, 0.3) is 6.08 Å². The number of methoxy groups -OCH3 is 2. The molecule has 0 aliphatic heterocycles. The summed E-state index contributed by atoms with van der Waals surface area (Å²) in [5, 5.41) is 2.58. The number of rotatable bonds is 7. The van der Waals surface area contributed by atoms with E-state index in [9.17, 15) is 9.59 Å². The van der Waals surface area contributed by atoms with Gasteiger partial charge in [-0.2, -0.15) is 0 Å². The van der Waals surface area contributed by atoms with Gasteiger partial charge in [0, 0.05) is 12.6 Å². The molecule has 0 fully saturated rings. The summed E-state index contributed by atoms with van der Waals surface area (Å²) >= 11 is 0. The van der Waals surface area contributed by atoms with Crippen LogP contribution < -0.4 is 14.8 Å². The molecule has 0 aliphatic rings. The van der Waals surface area contributed by atoms with Gasteiger partial charge in [-0.25, -0.2) is 4.79 Å². The predicted molar refractivity (Wildman–Crippen MR) is 82.8 cm³/mol. The van der Waals surface area contributed by atoms with Crippen LogP contribution in [-0.4, -0.2) is 38.7 Å². The zero-order valence-electron chi connectivity index (χ0n) is 13.2. The summed E-state index contributed by atoms with van der Waals surface area (Å²) in [7, 11) is 3.08. The van der Waals surface area contributed by atoms with Crippen LogP contribution >= 0.6 is 0 Å². The zero-order valence-corrected chi connectivity index (χ0v) is 13.2. The minimum absolute atomic E-state index is 0.324. The highest BCUT2D eigenvalue weighted by Crippen LogP contribution is 2.27. The van der Waals surface area contributed by atoms with Crippen LogP contribution in [0.4, 0.5) is 0 Å². The van der Waals surface area contributed by atoms with Crippen LogP contribution in [0.3, 0.4) is 0 Å². The number of esters is 1. The highest BCUT2D eigenvalue weighted by atomic mass is 16.5. The molecule has 0 aromatic heterocycles. The Hall–Kier alpha value is -2.50. The van der Waals surface area contributed by atoms with E-state index in [-0.39, 0.29) is 5.91 Å². The lowest BCUT2D eigenvalue weighted by atomic mass is 10.2. The third kappa shape index (κ3) is 5.12. The van der Waals surface area contributed by atoms with Crippen molar-refractivity contribution in [2.24, 2.45) is 0 Å². The molecule has 0 spiro atoms. The zero-order chi connectivity index (χ0) is 16.5. The second kappa shape index (κ2) is 8.71. The Kier molecular flexibility index (Phi) is 6.95. The maximum atomic E-state index is 11.7. The van der Waals surface area contributed by atoms with Gasteiger partial charge in [0.1, 0.15) is 0 Å². The number of carbonyl (C=O) groups is 2. The fraction of sp³-hybridized carbons (Fsp3) is 0.375. The van der Waals surface area contributed by atoms with Gasteiger partial charge in [0.05, 0.1) is 14.2 Å². The van der Waals surface area contributed by atoms with Crippen LogP contribution in [-0.2, 0) is 14.3 Å². The molecule has 1 atom stereocenters. The maximum absolute atomic E-state index is 11.7. The second-order valence-electron chi connectivity index (χ2n) is 4.42. The van der Waals surface area contributed by atoms with Crippen molar-refractivity contribution in [3.63, 3.8) is 0 Å². The monoisotopic (exact) mass is 307 g/mol. The van der Waals surface area contributed by atoms with E-state index in [0.29, 0.717) is 18.0 Å². The topological polar surface area (TPSA) is 73.9 Å². The normalized spacial score (nSPS) is 11.8. The third-order valence-corrected chi connectivity index (χ3v) is 2.83. The minimum Gasteiger partial charge on any atom is -0.493 e. The van der Waals surface area contributed by atoms with Gasteiger partial charge < -0.3 is 19.5 Å². The number of hydrogen-bond acceptors (Lipinski definition) is 5. The van der Waals surface area contributed by atoms with E-state index in [1.165, 1.54) is 20.1 Å². The summed E-state index contributed by atoms with van der Waals surface area (Å²) in [6, 6.07) is 5.25. The molecule has 6 heteroatoms. The van der Waals surface area contributed by atoms with Gasteiger partial charge >= 0.3 is 5.97 Å². The molecule has 1 rings (SSSR count). The van der Waals surface area contributed by atoms with Crippen LogP contribution in [0, 0.1) is 0 Å². The average Bonchev–Trinajstić information content (AvgIpc) is 2.52. The van der Waals surface area contributed by atoms with Crippen molar-refractivity contribution >= 4 is 18.0 Å². The van der Waals surface area contributed by atoms with E-state index in [0.717, 1.165) is 5.56 Å². The van der Waals surface area contributed by atoms with Gasteiger partial charge in [0.25, 0.3) is 5.91 Å². The number of carbonyl (C=O) groups excluding carboxylic acids is 2. The molecule has 0 bridgehead atoms. The lowest BCUT2D eigenvalue weighted by Gasteiger charge is -2.11. The van der Waals surface area contributed by atoms with E-state index in [1.54, 1.807) is 38.3 Å². The predicted octanol–water partition coefficient (Wildman–Crippen LogP) is 1.78. The SMILES string of the molecule is CCNC(=O)[C@H](C)OC(=O)/C=C/c1ccc(OC)c(OC)c1. The molecule has 0 saturated carbocycles. The number of ether oxygens (including phenoxy) is 3. The molecule has 0 aliphatic carbocycles. The quantitative estimate of drug-likeness (QED) is 0.614. The summed E-state index contributed by atoms with van der Waals surface area (Å²) in [4.78, 5) is 23.1. The summed E-state index contributed by atoms with van der Waals surface area (Å²) in [5.74, 6) is 0.254. The Labute approximate surface area is 130 Å². The van der Waals surface area contributed by atoms with Crippen molar-refractivity contribution in [3.05, 3.63) is 29.8 Å². The first-order valence-corrected chi connectivity index (χ1v) is 6.90. The first kappa shape index (κ1) is 17.6. The first-order chi connectivity index (χ1) is 10.5. The van der Waals surface area contributed by atoms with Crippen molar-refractivity contribution < 1.29 is 23.8 Å². The summed E-state index contributed by atoms with van der Waals surface area (Å²) in [6.45, 7) is 3.80. The Bertz CT molecular complexity index is 553. The minimum atomic E-state index is -0.831. The van der Waals surface area contributed by atoms with E-state index < -0.39 is 12.1 Å². The molecule has 0 unspecified atom stereocenters. The highest BCUT2D eigenvalue weighted by molar-refractivity contribution is 5.90. The summed E-state index contributed by atoms with van der Waals surface area (Å²) < 4.78 is 15.3. The molecular formula is C16H21NO5. The van der Waals surface area contributed by atoms with Crippen LogP contribution in [0.5, 0.6) is 11.5 Å². The molecule has 1 N–H and O–H groups in total. The van der Waals surface area contributed by atoms with Crippen LogP contribution in [0.2, 0.25) is 0 Å². The van der Waals surface area contributed by atoms with E-state index in [4.69, 9.17) is 14.2 Å². The number of benzene rings is 1. The van der Waals surface area contributed by atoms with Gasteiger partial charge in [-0.1, -0.05) is 6.07 Å². The highest BCUT2D eigenvalue weighted by Gasteiger charge is 2.15. The Balaban J connectivity index is 2.68. The fourth-order valence-corrected chi connectivity index (χ4v) is 1.71. The molecule has 0 heterocycles. The number of likely N-dealkylation sites (N-methyl/N-ethyl adjacent to an activating group) is 1. The maximum Gasteiger partial charge on any atom is 0.331 e. The summed E-state index contributed by atoms with van der Waals surface area (Å²) in [6.07, 6.45) is 2.01. The average molecular weight is 307 g/mol. The van der Waals surface area contributed by atoms with Gasteiger partial charge in [0.15, 0.2) is 17.6 Å². The van der Waals surface area contributed by atoms with Crippen molar-refractivity contribution in [2.75, 3.05) is 20.8 Å². The van der Waals surface area contributed by atoms with Crippen LogP contribution in [0.15, 0.2) is 24.3 Å². The molecule has 0 saturated heterocycles. The number of amides is 1. The van der Waals surface area contributed by atoms with Crippen molar-refractivity contribution in [1.82, 2.24) is 5.32 Å². The first-order valence-electron chi connectivity index (χ1n) is 6.90. The van der Waals surface area contributed by atoms with E-state index >= 15 is 0 Å². The van der Waals surface area contributed by atoms with Crippen molar-refractivity contribution in [1.29, 1.82) is 0 Å². The fourth-order valence-electron chi connectivity index (χ4n) is 1.71. The van der Waals surface area contributed by atoms with E-state index in [1.807, 2.05) is 0 Å². The Morgan fingerprint density at radius 2 is 1.91 bits per heavy atom. The van der Waals surface area contributed by atoms with Gasteiger partial charge in [-0.15, -0.1) is 0 Å². The van der Waals surface area contributed by atoms with Crippen molar-refractivity contribution in [2.45, 2.75) is 20.0 Å². The molecule has 120 valence electrons. The summed E-state index contributed by atoms with van der Waals surface area (Å²) in [5.41, 5.74) is 0.750. The Morgan fingerprint density at radius 1 is 1.23 bits per heavy atom. The second-order valence-corrected chi connectivity index (χ2v) is 4.42. The molecular weight excluding hydrogens is 286 g/mol. The number of nitrogens with one attached hydrogen (secondary N) is 1. The van der Waals surface area contributed by atoms with Gasteiger partial charge in [0.2, 0.25) is 0 Å². The smallest absolute Gasteiger partial charge is 0.331 e. The number of hydrogen-bond donors (Lipinski definition) is 1. The third-order valence-electron chi connectivity index (χ3n) is 2.83. The van der Waals surface area contributed by atoms with Gasteiger partial charge in [-0.05, 0) is 37.6 Å². The molecule has 1 aromatic carbocycles. The molecule has 6 nitrogen and oxygen atoms in total. The molecule has 22 heavy (non-hydrogen) atoms. The largest absolute Gasteiger partial charge is 0.493 e. The lowest BCUT2D eigenvalue weighted by Crippen LogP contribution is -2.35. The molecule has 0 radical (unpaired) electrons. The Morgan fingerprint density at radius 3 is 2.50 bits per heavy atom. The molecule has 1 aromatic rings. The van der Waals surface area contributed by atoms with Gasteiger partial charge in [-0.3, -0.25) is 4.79 Å². The lowest BCUT2D eigenvalue weighted by molar-refractivity contribution is -0.150. The van der Waals surface area contributed by atoms with E-state index in [2.05, 4.69) is 5.32 Å². The van der Waals surface area contributed by atoms with Crippen LogP contribution in [0.1, 0.15) is 19.4 Å². The standard InChI is InChI=1S/C16H21NO5/c1-5-17-16(19)11(2)22-15(18)9-7-12-6-8-13(20-3)14(10-12)21-4/h6-11H,5H2,1-4H3,(H,17,19)/b9-7+/t11-/m0/s1.